The Kier molecular flexibility index (Phi) is 3.38. The predicted molar refractivity (Wildman–Crippen MR) is 60.3 cm³/mol. The van der Waals surface area contributed by atoms with E-state index in [1.807, 2.05) is 0 Å². The Hall–Kier alpha value is -0.600. The fraction of sp³-hybridized carbons (Fsp3) is 0.667. The van der Waals surface area contributed by atoms with E-state index in [4.69, 9.17) is 0 Å². The van der Waals surface area contributed by atoms with Gasteiger partial charge in [-0.15, -0.1) is 0 Å². The molecule has 1 aliphatic carbocycles. The molecule has 0 radical (unpaired) electrons. The smallest absolute Gasteiger partial charge is 0.0110 e. The lowest BCUT2D eigenvalue weighted by atomic mass is 10.1. The molecule has 0 aromatic heterocycles. The van der Waals surface area contributed by atoms with Gasteiger partial charge >= 0.3 is 0 Å². The van der Waals surface area contributed by atoms with Crippen LogP contribution in [-0.2, 0) is 0 Å². The average molecular weight is 192 g/mol. The van der Waals surface area contributed by atoms with Crippen LogP contribution in [-0.4, -0.2) is 49.6 Å². The molecule has 14 heavy (non-hydrogen) atoms. The van der Waals surface area contributed by atoms with Crippen molar-refractivity contribution in [2.45, 2.75) is 6.42 Å². The Morgan fingerprint density at radius 2 is 1.71 bits per heavy atom. The Balaban J connectivity index is 1.66. The topological polar surface area (TPSA) is 6.48 Å². The van der Waals surface area contributed by atoms with Crippen LogP contribution in [0.25, 0.3) is 0 Å². The third-order valence-electron chi connectivity index (χ3n) is 3.20. The summed E-state index contributed by atoms with van der Waals surface area (Å²) in [4.78, 5) is 4.99. The molecule has 0 bridgehead atoms. The first-order valence-electron chi connectivity index (χ1n) is 5.60. The van der Waals surface area contributed by atoms with E-state index in [0.717, 1.165) is 0 Å². The number of rotatable bonds is 3. The molecule has 0 aromatic rings. The van der Waals surface area contributed by atoms with Crippen molar-refractivity contribution in [2.24, 2.45) is 5.92 Å². The van der Waals surface area contributed by atoms with Crippen molar-refractivity contribution >= 4 is 0 Å². The molecule has 2 aliphatic rings. The van der Waals surface area contributed by atoms with Crippen molar-refractivity contribution in [2.75, 3.05) is 39.8 Å². The lowest BCUT2D eigenvalue weighted by molar-refractivity contribution is 0.151. The molecule has 0 N–H and O–H groups in total. The molecule has 1 fully saturated rings. The minimum atomic E-state index is 0.703. The highest BCUT2D eigenvalue weighted by Gasteiger charge is 2.14. The first-order valence-corrected chi connectivity index (χ1v) is 5.60. The third-order valence-corrected chi connectivity index (χ3v) is 3.20. The van der Waals surface area contributed by atoms with Crippen LogP contribution in [0.2, 0.25) is 0 Å². The van der Waals surface area contributed by atoms with Crippen molar-refractivity contribution in [1.82, 2.24) is 9.80 Å². The van der Waals surface area contributed by atoms with E-state index in [0.29, 0.717) is 5.92 Å². The van der Waals surface area contributed by atoms with Crippen LogP contribution in [0.15, 0.2) is 24.3 Å². The standard InChI is InChI=1S/C12H20N2/c1-13-8-10-14(11-9-13)7-6-12-4-2-3-5-12/h2-5,12H,6-11H2,1H3. The zero-order valence-corrected chi connectivity index (χ0v) is 9.02. The summed E-state index contributed by atoms with van der Waals surface area (Å²) in [5, 5.41) is 0. The second-order valence-electron chi connectivity index (χ2n) is 4.37. The largest absolute Gasteiger partial charge is 0.304 e. The second-order valence-corrected chi connectivity index (χ2v) is 4.37. The Labute approximate surface area is 86.9 Å². The van der Waals surface area contributed by atoms with Gasteiger partial charge in [0.15, 0.2) is 0 Å². The van der Waals surface area contributed by atoms with E-state index >= 15 is 0 Å². The van der Waals surface area contributed by atoms with E-state index in [1.54, 1.807) is 0 Å². The van der Waals surface area contributed by atoms with Gasteiger partial charge in [0, 0.05) is 26.2 Å². The highest BCUT2D eigenvalue weighted by molar-refractivity contribution is 5.17. The number of piperazine rings is 1. The van der Waals surface area contributed by atoms with Crippen LogP contribution < -0.4 is 0 Å². The maximum absolute atomic E-state index is 2.58. The van der Waals surface area contributed by atoms with Gasteiger partial charge in [0.2, 0.25) is 0 Å². The molecule has 0 saturated carbocycles. The molecule has 0 aromatic carbocycles. The first-order chi connectivity index (χ1) is 6.84. The molecule has 2 heteroatoms. The molecule has 0 atom stereocenters. The van der Waals surface area contributed by atoms with Gasteiger partial charge in [-0.25, -0.2) is 0 Å². The predicted octanol–water partition coefficient (Wildman–Crippen LogP) is 1.37. The number of likely N-dealkylation sites (N-methyl/N-ethyl adjacent to an activating group) is 1. The molecule has 0 spiro atoms. The summed E-state index contributed by atoms with van der Waals surface area (Å²) in [6.07, 6.45) is 10.2. The molecule has 1 aliphatic heterocycles. The zero-order chi connectivity index (χ0) is 9.80. The van der Waals surface area contributed by atoms with Crippen molar-refractivity contribution in [3.63, 3.8) is 0 Å². The summed E-state index contributed by atoms with van der Waals surface area (Å²) in [5.74, 6) is 0.703. The highest BCUT2D eigenvalue weighted by atomic mass is 15.2. The Morgan fingerprint density at radius 3 is 2.36 bits per heavy atom. The summed E-state index contributed by atoms with van der Waals surface area (Å²) in [6.45, 7) is 6.22. The Morgan fingerprint density at radius 1 is 1.07 bits per heavy atom. The zero-order valence-electron chi connectivity index (χ0n) is 9.02. The minimum absolute atomic E-state index is 0.703. The van der Waals surface area contributed by atoms with Crippen LogP contribution in [0.4, 0.5) is 0 Å². The molecule has 0 unspecified atom stereocenters. The number of nitrogens with zero attached hydrogens (tertiary/aromatic N) is 2. The van der Waals surface area contributed by atoms with Crippen LogP contribution >= 0.6 is 0 Å². The van der Waals surface area contributed by atoms with E-state index in [9.17, 15) is 0 Å². The van der Waals surface area contributed by atoms with Crippen LogP contribution in [0, 0.1) is 5.92 Å². The van der Waals surface area contributed by atoms with Crippen molar-refractivity contribution in [3.8, 4) is 0 Å². The molecule has 78 valence electrons. The minimum Gasteiger partial charge on any atom is -0.304 e. The van der Waals surface area contributed by atoms with E-state index < -0.39 is 0 Å². The normalized spacial score (nSPS) is 24.9. The van der Waals surface area contributed by atoms with E-state index in [-0.39, 0.29) is 0 Å². The van der Waals surface area contributed by atoms with E-state index in [2.05, 4.69) is 41.2 Å². The van der Waals surface area contributed by atoms with Gasteiger partial charge in [0.05, 0.1) is 0 Å². The highest BCUT2D eigenvalue weighted by Crippen LogP contribution is 2.14. The summed E-state index contributed by atoms with van der Waals surface area (Å²) < 4.78 is 0. The molecular weight excluding hydrogens is 172 g/mol. The summed E-state index contributed by atoms with van der Waals surface area (Å²) in [5.41, 5.74) is 0. The van der Waals surface area contributed by atoms with Gasteiger partial charge in [-0.2, -0.15) is 0 Å². The molecular formula is C12H20N2. The second kappa shape index (κ2) is 4.76. The van der Waals surface area contributed by atoms with E-state index in [1.165, 1.54) is 39.1 Å². The number of hydrogen-bond donors (Lipinski definition) is 0. The molecule has 1 saturated heterocycles. The fourth-order valence-electron chi connectivity index (χ4n) is 2.07. The van der Waals surface area contributed by atoms with Gasteiger partial charge in [-0.3, -0.25) is 0 Å². The van der Waals surface area contributed by atoms with Crippen molar-refractivity contribution < 1.29 is 0 Å². The van der Waals surface area contributed by atoms with Gasteiger partial charge in [0.1, 0.15) is 0 Å². The molecule has 0 amide bonds. The summed E-state index contributed by atoms with van der Waals surface area (Å²) >= 11 is 0. The Bertz CT molecular complexity index is 212. The van der Waals surface area contributed by atoms with Gasteiger partial charge in [0.25, 0.3) is 0 Å². The molecule has 1 heterocycles. The summed E-state index contributed by atoms with van der Waals surface area (Å²) in [7, 11) is 2.21. The lowest BCUT2D eigenvalue weighted by Crippen LogP contribution is -2.44. The van der Waals surface area contributed by atoms with Gasteiger partial charge < -0.3 is 9.80 Å². The third kappa shape index (κ3) is 2.69. The number of allylic oxidation sites excluding steroid dienone is 4. The quantitative estimate of drug-likeness (QED) is 0.666. The maximum atomic E-state index is 2.58. The SMILES string of the molecule is CN1CCN(CCC2C=CC=C2)CC1. The first kappa shape index (κ1) is 9.94. The monoisotopic (exact) mass is 192 g/mol. The van der Waals surface area contributed by atoms with Gasteiger partial charge in [-0.05, 0) is 25.9 Å². The maximum Gasteiger partial charge on any atom is 0.0110 e. The lowest BCUT2D eigenvalue weighted by Gasteiger charge is -2.32. The van der Waals surface area contributed by atoms with Crippen molar-refractivity contribution in [3.05, 3.63) is 24.3 Å². The van der Waals surface area contributed by atoms with Crippen LogP contribution in [0.1, 0.15) is 6.42 Å². The molecule has 2 nitrogen and oxygen atoms in total. The average Bonchev–Trinajstić information content (AvgIpc) is 2.70. The molecule has 2 rings (SSSR count). The number of hydrogen-bond acceptors (Lipinski definition) is 2. The van der Waals surface area contributed by atoms with Crippen LogP contribution in [0.3, 0.4) is 0 Å². The van der Waals surface area contributed by atoms with Crippen LogP contribution in [0.5, 0.6) is 0 Å². The fourth-order valence-corrected chi connectivity index (χ4v) is 2.07. The van der Waals surface area contributed by atoms with Crippen molar-refractivity contribution in [1.29, 1.82) is 0 Å². The van der Waals surface area contributed by atoms with Gasteiger partial charge in [-0.1, -0.05) is 24.3 Å². The summed E-state index contributed by atoms with van der Waals surface area (Å²) in [6, 6.07) is 0.